The number of hydrogen-bond acceptors (Lipinski definition) is 4. The van der Waals surface area contributed by atoms with Crippen LogP contribution >= 0.6 is 15.9 Å². The van der Waals surface area contributed by atoms with Gasteiger partial charge in [-0.3, -0.25) is 4.79 Å². The van der Waals surface area contributed by atoms with Gasteiger partial charge >= 0.3 is 0 Å². The highest BCUT2D eigenvalue weighted by Gasteiger charge is 2.17. The van der Waals surface area contributed by atoms with Crippen LogP contribution in [0.5, 0.6) is 5.75 Å². The largest absolute Gasteiger partial charge is 0.484 e. The highest BCUT2D eigenvalue weighted by molar-refractivity contribution is 9.10. The monoisotopic (exact) mass is 496 g/mol. The van der Waals surface area contributed by atoms with Crippen LogP contribution in [0.2, 0.25) is 0 Å². The summed E-state index contributed by atoms with van der Waals surface area (Å²) >= 11 is 3.51. The molecule has 2 aromatic carbocycles. The summed E-state index contributed by atoms with van der Waals surface area (Å²) in [7, 11) is -3.57. The van der Waals surface area contributed by atoms with Crippen LogP contribution in [-0.4, -0.2) is 27.0 Å². The quantitative estimate of drug-likeness (QED) is 0.500. The number of carbonyl (C=O) groups is 1. The number of benzene rings is 2. The maximum atomic E-state index is 12.4. The van der Waals surface area contributed by atoms with E-state index in [1.165, 1.54) is 12.1 Å². The molecule has 0 aliphatic heterocycles. The lowest BCUT2D eigenvalue weighted by molar-refractivity contribution is -0.118. The molecule has 30 heavy (non-hydrogen) atoms. The summed E-state index contributed by atoms with van der Waals surface area (Å²) < 4.78 is 33.8. The highest BCUT2D eigenvalue weighted by atomic mass is 79.9. The van der Waals surface area contributed by atoms with Crippen molar-refractivity contribution in [2.45, 2.75) is 57.9 Å². The molecule has 0 bridgehead atoms. The first-order valence-electron chi connectivity index (χ1n) is 10.1. The Morgan fingerprint density at radius 3 is 2.13 bits per heavy atom. The maximum Gasteiger partial charge on any atom is 0.262 e. The summed E-state index contributed by atoms with van der Waals surface area (Å²) in [4.78, 5) is 12.6. The van der Waals surface area contributed by atoms with Crippen molar-refractivity contribution in [2.24, 2.45) is 0 Å². The molecule has 2 aromatic rings. The molecule has 0 aliphatic carbocycles. The normalized spacial score (nSPS) is 12.4. The Kier molecular flexibility index (Phi) is 8.88. The first-order chi connectivity index (χ1) is 14.2. The van der Waals surface area contributed by atoms with Gasteiger partial charge in [0.2, 0.25) is 10.0 Å². The number of ether oxygens (including phenoxy) is 1. The first kappa shape index (κ1) is 24.4. The van der Waals surface area contributed by atoms with Crippen LogP contribution in [0.4, 0.5) is 5.69 Å². The molecule has 164 valence electrons. The molecule has 6 nitrogen and oxygen atoms in total. The van der Waals surface area contributed by atoms with E-state index < -0.39 is 10.0 Å². The van der Waals surface area contributed by atoms with Gasteiger partial charge < -0.3 is 10.1 Å². The van der Waals surface area contributed by atoms with Gasteiger partial charge in [0, 0.05) is 16.2 Å². The van der Waals surface area contributed by atoms with Crippen molar-refractivity contribution in [3.63, 3.8) is 0 Å². The fraction of sp³-hybridized carbons (Fsp3) is 0.409. The molecule has 0 radical (unpaired) electrons. The van der Waals surface area contributed by atoms with Gasteiger partial charge in [0.1, 0.15) is 5.75 Å². The summed E-state index contributed by atoms with van der Waals surface area (Å²) in [5.41, 5.74) is 2.94. The van der Waals surface area contributed by atoms with Crippen molar-refractivity contribution in [3.8, 4) is 5.75 Å². The molecule has 1 atom stereocenters. The molecule has 1 amide bonds. The predicted octanol–water partition coefficient (Wildman–Crippen LogP) is 4.67. The SMILES string of the molecule is CCc1cc(Br)cc(CC)c1NC(=O)COc1ccc(S(=O)(=O)NC(C)CC)cc1. The summed E-state index contributed by atoms with van der Waals surface area (Å²) in [6.45, 7) is 7.64. The number of carbonyl (C=O) groups excluding carboxylic acids is 1. The molecule has 0 saturated carbocycles. The van der Waals surface area contributed by atoms with Gasteiger partial charge in [0.25, 0.3) is 5.91 Å². The molecule has 2 rings (SSSR count). The number of rotatable bonds is 10. The van der Waals surface area contributed by atoms with E-state index in [2.05, 4.69) is 26.0 Å². The van der Waals surface area contributed by atoms with E-state index in [1.54, 1.807) is 12.1 Å². The molecule has 2 N–H and O–H groups in total. The zero-order valence-electron chi connectivity index (χ0n) is 17.8. The minimum absolute atomic E-state index is 0.144. The number of anilines is 1. The van der Waals surface area contributed by atoms with Gasteiger partial charge in [-0.15, -0.1) is 0 Å². The zero-order valence-corrected chi connectivity index (χ0v) is 20.2. The number of sulfonamides is 1. The highest BCUT2D eigenvalue weighted by Crippen LogP contribution is 2.27. The van der Waals surface area contributed by atoms with E-state index in [9.17, 15) is 13.2 Å². The molecule has 0 saturated heterocycles. The van der Waals surface area contributed by atoms with Crippen LogP contribution < -0.4 is 14.8 Å². The minimum atomic E-state index is -3.57. The molecule has 1 unspecified atom stereocenters. The average Bonchev–Trinajstić information content (AvgIpc) is 2.72. The second-order valence-electron chi connectivity index (χ2n) is 7.04. The third-order valence-corrected chi connectivity index (χ3v) is 6.83. The van der Waals surface area contributed by atoms with E-state index in [0.717, 1.165) is 34.1 Å². The van der Waals surface area contributed by atoms with Crippen LogP contribution in [0.1, 0.15) is 45.2 Å². The Hall–Kier alpha value is -1.90. The van der Waals surface area contributed by atoms with Gasteiger partial charge in [-0.1, -0.05) is 36.7 Å². The molecule has 0 aromatic heterocycles. The van der Waals surface area contributed by atoms with Crippen LogP contribution in [0.25, 0.3) is 0 Å². The van der Waals surface area contributed by atoms with E-state index >= 15 is 0 Å². The van der Waals surface area contributed by atoms with Crippen molar-refractivity contribution in [1.82, 2.24) is 4.72 Å². The fourth-order valence-electron chi connectivity index (χ4n) is 2.90. The molecular weight excluding hydrogens is 468 g/mol. The lowest BCUT2D eigenvalue weighted by atomic mass is 10.0. The summed E-state index contributed by atoms with van der Waals surface area (Å²) in [5.74, 6) is 0.159. The zero-order chi connectivity index (χ0) is 22.3. The van der Waals surface area contributed by atoms with Crippen LogP contribution in [0.3, 0.4) is 0 Å². The van der Waals surface area contributed by atoms with Crippen LogP contribution in [0, 0.1) is 0 Å². The summed E-state index contributed by atoms with van der Waals surface area (Å²) in [5, 5.41) is 2.95. The predicted molar refractivity (Wildman–Crippen MR) is 124 cm³/mol. The van der Waals surface area contributed by atoms with Gasteiger partial charge in [-0.05, 0) is 73.7 Å². The number of aryl methyl sites for hydroxylation is 2. The lowest BCUT2D eigenvalue weighted by Crippen LogP contribution is -2.31. The average molecular weight is 497 g/mol. The van der Waals surface area contributed by atoms with Crippen molar-refractivity contribution < 1.29 is 17.9 Å². The van der Waals surface area contributed by atoms with Crippen LogP contribution in [0.15, 0.2) is 45.8 Å². The third kappa shape index (κ3) is 6.55. The number of amides is 1. The lowest BCUT2D eigenvalue weighted by Gasteiger charge is -2.16. The topological polar surface area (TPSA) is 84.5 Å². The smallest absolute Gasteiger partial charge is 0.262 e. The summed E-state index contributed by atoms with van der Waals surface area (Å²) in [6.07, 6.45) is 2.29. The Balaban J connectivity index is 2.02. The number of nitrogens with one attached hydrogen (secondary N) is 2. The third-order valence-electron chi connectivity index (χ3n) is 4.77. The second-order valence-corrected chi connectivity index (χ2v) is 9.67. The first-order valence-corrected chi connectivity index (χ1v) is 12.3. The van der Waals surface area contributed by atoms with Crippen molar-refractivity contribution in [1.29, 1.82) is 0 Å². The Labute approximate surface area is 187 Å². The van der Waals surface area contributed by atoms with Crippen molar-refractivity contribution >= 4 is 37.5 Å². The van der Waals surface area contributed by atoms with Crippen LogP contribution in [-0.2, 0) is 27.7 Å². The van der Waals surface area contributed by atoms with E-state index in [-0.39, 0.29) is 23.5 Å². The van der Waals surface area contributed by atoms with Crippen molar-refractivity contribution in [2.75, 3.05) is 11.9 Å². The molecule has 0 spiro atoms. The number of halogens is 1. The molecule has 0 heterocycles. The summed E-state index contributed by atoms with van der Waals surface area (Å²) in [6, 6.07) is 9.90. The van der Waals surface area contributed by atoms with Crippen molar-refractivity contribution in [3.05, 3.63) is 52.0 Å². The minimum Gasteiger partial charge on any atom is -0.484 e. The van der Waals surface area contributed by atoms with E-state index in [0.29, 0.717) is 12.2 Å². The molecule has 8 heteroatoms. The van der Waals surface area contributed by atoms with Gasteiger partial charge in [0.15, 0.2) is 6.61 Å². The van der Waals surface area contributed by atoms with E-state index in [4.69, 9.17) is 4.74 Å². The Bertz CT molecular complexity index is 950. The maximum absolute atomic E-state index is 12.4. The molecule has 0 fully saturated rings. The Morgan fingerprint density at radius 2 is 1.63 bits per heavy atom. The fourth-order valence-corrected chi connectivity index (χ4v) is 4.78. The molecular formula is C22H29BrN2O4S. The standard InChI is InChI=1S/C22H29BrN2O4S/c1-5-15(4)25-30(27,28)20-10-8-19(9-11-20)29-14-21(26)24-22-16(6-2)12-18(23)13-17(22)7-3/h8-13,15,25H,5-7,14H2,1-4H3,(H,24,26). The van der Waals surface area contributed by atoms with E-state index in [1.807, 2.05) is 39.8 Å². The number of hydrogen-bond donors (Lipinski definition) is 2. The van der Waals surface area contributed by atoms with Gasteiger partial charge in [-0.25, -0.2) is 13.1 Å². The Morgan fingerprint density at radius 1 is 1.07 bits per heavy atom. The second kappa shape index (κ2) is 10.9. The van der Waals surface area contributed by atoms with Gasteiger partial charge in [0.05, 0.1) is 4.90 Å². The van der Waals surface area contributed by atoms with Gasteiger partial charge in [-0.2, -0.15) is 0 Å². The molecule has 0 aliphatic rings.